The molecule has 1 amide bonds. The van der Waals surface area contributed by atoms with Crippen molar-refractivity contribution in [3.05, 3.63) is 88.5 Å². The summed E-state index contributed by atoms with van der Waals surface area (Å²) in [6.07, 6.45) is 3.02. The minimum Gasteiger partial charge on any atom is -0.488 e. The third kappa shape index (κ3) is 5.23. The van der Waals surface area contributed by atoms with Crippen LogP contribution >= 0.6 is 11.6 Å². The number of hydrogen-bond donors (Lipinski definition) is 1. The van der Waals surface area contributed by atoms with E-state index in [1.165, 1.54) is 12.1 Å². The van der Waals surface area contributed by atoms with Crippen LogP contribution < -0.4 is 10.1 Å². The van der Waals surface area contributed by atoms with Crippen molar-refractivity contribution < 1.29 is 13.9 Å². The highest BCUT2D eigenvalue weighted by molar-refractivity contribution is 6.31. The van der Waals surface area contributed by atoms with Crippen molar-refractivity contribution in [1.29, 1.82) is 0 Å². The van der Waals surface area contributed by atoms with Crippen molar-refractivity contribution in [2.75, 3.05) is 6.61 Å². The van der Waals surface area contributed by atoms with Crippen LogP contribution in [0.1, 0.15) is 22.9 Å². The lowest BCUT2D eigenvalue weighted by molar-refractivity contribution is -0.117. The van der Waals surface area contributed by atoms with Crippen molar-refractivity contribution in [2.24, 2.45) is 7.05 Å². The van der Waals surface area contributed by atoms with Crippen molar-refractivity contribution >= 4 is 23.6 Å². The molecule has 0 aliphatic heterocycles. The molecule has 1 atom stereocenters. The van der Waals surface area contributed by atoms with Crippen molar-refractivity contribution in [3.63, 3.8) is 0 Å². The number of carbonyl (C=O) groups excluding carboxylic acids is 1. The predicted molar refractivity (Wildman–Crippen MR) is 111 cm³/mol. The van der Waals surface area contributed by atoms with Crippen LogP contribution in [0.5, 0.6) is 5.75 Å². The first-order chi connectivity index (χ1) is 14.0. The van der Waals surface area contributed by atoms with E-state index in [-0.39, 0.29) is 18.3 Å². The first-order valence-electron chi connectivity index (χ1n) is 9.05. The Bertz CT molecular complexity index is 1020. The summed E-state index contributed by atoms with van der Waals surface area (Å²) in [6, 6.07) is 15.1. The largest absolute Gasteiger partial charge is 0.488 e. The Balaban J connectivity index is 1.73. The maximum atomic E-state index is 13.8. The molecule has 0 aliphatic rings. The Morgan fingerprint density at radius 3 is 2.59 bits per heavy atom. The highest BCUT2D eigenvalue weighted by Gasteiger charge is 2.16. The topological polar surface area (TPSA) is 56.2 Å². The van der Waals surface area contributed by atoms with Crippen LogP contribution in [0, 0.1) is 12.7 Å². The van der Waals surface area contributed by atoms with Gasteiger partial charge in [-0.15, -0.1) is 0 Å². The van der Waals surface area contributed by atoms with Gasteiger partial charge in [0.1, 0.15) is 11.8 Å². The summed E-state index contributed by atoms with van der Waals surface area (Å²) in [6.45, 7) is 1.90. The van der Waals surface area contributed by atoms with Gasteiger partial charge >= 0.3 is 0 Å². The number of nitrogens with one attached hydrogen (secondary N) is 1. The molecule has 150 valence electrons. The molecular formula is C22H21ClFN3O2. The molecule has 0 aliphatic carbocycles. The number of benzene rings is 2. The van der Waals surface area contributed by atoms with Gasteiger partial charge in [-0.05, 0) is 30.7 Å². The first-order valence-corrected chi connectivity index (χ1v) is 9.43. The third-order valence-corrected chi connectivity index (χ3v) is 4.81. The van der Waals surface area contributed by atoms with Gasteiger partial charge in [0.15, 0.2) is 11.6 Å². The van der Waals surface area contributed by atoms with Crippen LogP contribution in [0.15, 0.2) is 60.7 Å². The molecule has 0 fully saturated rings. The zero-order chi connectivity index (χ0) is 20.8. The lowest BCUT2D eigenvalue weighted by atomic mass is 10.1. The molecule has 7 heteroatoms. The van der Waals surface area contributed by atoms with E-state index in [1.54, 1.807) is 36.0 Å². The molecule has 1 unspecified atom stereocenters. The molecule has 1 heterocycles. The average molecular weight is 414 g/mol. The number of aromatic nitrogens is 2. The fraction of sp³-hybridized carbons (Fsp3) is 0.182. The minimum atomic E-state index is -0.460. The van der Waals surface area contributed by atoms with Gasteiger partial charge in [-0.2, -0.15) is 5.10 Å². The molecule has 0 saturated heterocycles. The first kappa shape index (κ1) is 20.6. The number of para-hydroxylation sites is 1. The SMILES string of the molecule is Cc1nn(C)c(Cl)c1/C=C/C(=O)NC(COc1ccccc1F)c1ccccc1. The highest BCUT2D eigenvalue weighted by Crippen LogP contribution is 2.21. The van der Waals surface area contributed by atoms with E-state index in [0.29, 0.717) is 10.7 Å². The Morgan fingerprint density at radius 1 is 1.24 bits per heavy atom. The molecule has 1 aromatic heterocycles. The number of hydrogen-bond acceptors (Lipinski definition) is 3. The molecule has 29 heavy (non-hydrogen) atoms. The molecule has 0 radical (unpaired) electrons. The number of ether oxygens (including phenoxy) is 1. The molecule has 1 N–H and O–H groups in total. The van der Waals surface area contributed by atoms with Gasteiger partial charge in [-0.1, -0.05) is 54.1 Å². The van der Waals surface area contributed by atoms with E-state index in [9.17, 15) is 9.18 Å². The molecule has 0 spiro atoms. The molecule has 2 aromatic carbocycles. The maximum absolute atomic E-state index is 13.8. The fourth-order valence-electron chi connectivity index (χ4n) is 2.86. The van der Waals surface area contributed by atoms with Crippen LogP contribution in [-0.2, 0) is 11.8 Å². The van der Waals surface area contributed by atoms with Crippen molar-refractivity contribution in [1.82, 2.24) is 15.1 Å². The second-order valence-electron chi connectivity index (χ2n) is 6.46. The lowest BCUT2D eigenvalue weighted by Gasteiger charge is -2.19. The van der Waals surface area contributed by atoms with Gasteiger partial charge < -0.3 is 10.1 Å². The zero-order valence-electron chi connectivity index (χ0n) is 16.1. The summed E-state index contributed by atoms with van der Waals surface area (Å²) < 4.78 is 21.0. The van der Waals surface area contributed by atoms with Crippen LogP contribution in [0.2, 0.25) is 5.15 Å². The second kappa shape index (κ2) is 9.39. The maximum Gasteiger partial charge on any atom is 0.244 e. The quantitative estimate of drug-likeness (QED) is 0.581. The van der Waals surface area contributed by atoms with E-state index in [4.69, 9.17) is 16.3 Å². The summed E-state index contributed by atoms with van der Waals surface area (Å²) in [5, 5.41) is 7.56. The lowest BCUT2D eigenvalue weighted by Crippen LogP contribution is -2.31. The Hall–Kier alpha value is -3.12. The summed E-state index contributed by atoms with van der Waals surface area (Å²) in [7, 11) is 1.73. The number of nitrogens with zero attached hydrogens (tertiary/aromatic N) is 2. The van der Waals surface area contributed by atoms with E-state index in [0.717, 1.165) is 11.3 Å². The molecular weight excluding hydrogens is 393 g/mol. The van der Waals surface area contributed by atoms with Crippen LogP contribution in [0.4, 0.5) is 4.39 Å². The Kier molecular flexibility index (Phi) is 6.67. The number of aryl methyl sites for hydroxylation is 2. The smallest absolute Gasteiger partial charge is 0.244 e. The van der Waals surface area contributed by atoms with Gasteiger partial charge in [0.05, 0.1) is 11.7 Å². The standard InChI is InChI=1S/C22H21ClFN3O2/c1-15-17(22(23)27(2)26-15)12-13-21(28)25-19(16-8-4-3-5-9-16)14-29-20-11-7-6-10-18(20)24/h3-13,19H,14H2,1-2H3,(H,25,28)/b13-12+. The number of halogens is 2. The molecule has 5 nitrogen and oxygen atoms in total. The zero-order valence-corrected chi connectivity index (χ0v) is 16.9. The van der Waals surface area contributed by atoms with Crippen molar-refractivity contribution in [2.45, 2.75) is 13.0 Å². The average Bonchev–Trinajstić information content (AvgIpc) is 2.96. The summed E-state index contributed by atoms with van der Waals surface area (Å²) in [5.74, 6) is -0.640. The third-order valence-electron chi connectivity index (χ3n) is 4.36. The van der Waals surface area contributed by atoms with Gasteiger partial charge in [0.2, 0.25) is 5.91 Å². The van der Waals surface area contributed by atoms with E-state index < -0.39 is 11.9 Å². The molecule has 0 saturated carbocycles. The van der Waals surface area contributed by atoms with E-state index in [2.05, 4.69) is 10.4 Å². The summed E-state index contributed by atoms with van der Waals surface area (Å²) >= 11 is 6.19. The molecule has 3 aromatic rings. The van der Waals surface area contributed by atoms with Gasteiger partial charge in [0.25, 0.3) is 0 Å². The van der Waals surface area contributed by atoms with Crippen LogP contribution in [0.3, 0.4) is 0 Å². The summed E-state index contributed by atoms with van der Waals surface area (Å²) in [5.41, 5.74) is 2.26. The summed E-state index contributed by atoms with van der Waals surface area (Å²) in [4.78, 5) is 12.5. The Labute approximate surface area is 173 Å². The van der Waals surface area contributed by atoms with E-state index in [1.807, 2.05) is 37.3 Å². The van der Waals surface area contributed by atoms with Gasteiger partial charge in [-0.3, -0.25) is 9.48 Å². The highest BCUT2D eigenvalue weighted by atomic mass is 35.5. The van der Waals surface area contributed by atoms with Crippen LogP contribution in [0.25, 0.3) is 6.08 Å². The monoisotopic (exact) mass is 413 g/mol. The number of amides is 1. The number of carbonyl (C=O) groups is 1. The second-order valence-corrected chi connectivity index (χ2v) is 6.82. The van der Waals surface area contributed by atoms with Gasteiger partial charge in [-0.25, -0.2) is 4.39 Å². The fourth-order valence-corrected chi connectivity index (χ4v) is 3.09. The van der Waals surface area contributed by atoms with Gasteiger partial charge in [0, 0.05) is 18.7 Å². The molecule has 3 rings (SSSR count). The predicted octanol–water partition coefficient (Wildman–Crippen LogP) is 4.47. The molecule has 0 bridgehead atoms. The minimum absolute atomic E-state index is 0.0806. The Morgan fingerprint density at radius 2 is 1.93 bits per heavy atom. The van der Waals surface area contributed by atoms with Crippen molar-refractivity contribution in [3.8, 4) is 5.75 Å². The van der Waals surface area contributed by atoms with E-state index >= 15 is 0 Å². The normalized spacial score (nSPS) is 12.1. The van der Waals surface area contributed by atoms with Crippen LogP contribution in [-0.4, -0.2) is 22.3 Å². The number of rotatable bonds is 7.